The van der Waals surface area contributed by atoms with E-state index in [4.69, 9.17) is 0 Å². The molecular formula is C8H10N2O2. The Hall–Kier alpha value is -1.58. The van der Waals surface area contributed by atoms with Crippen LogP contribution in [-0.4, -0.2) is 36.2 Å². The number of rotatable bonds is 2. The van der Waals surface area contributed by atoms with Gasteiger partial charge in [-0.1, -0.05) is 0 Å². The average Bonchev–Trinajstić information content (AvgIpc) is 2.50. The fourth-order valence-electron chi connectivity index (χ4n) is 0.844. The summed E-state index contributed by atoms with van der Waals surface area (Å²) >= 11 is 0. The fraction of sp³-hybridized carbons (Fsp3) is 0.250. The lowest BCUT2D eigenvalue weighted by Gasteiger charge is -2.07. The van der Waals surface area contributed by atoms with E-state index in [1.54, 1.807) is 14.1 Å². The minimum Gasteiger partial charge on any atom is -0.356 e. The SMILES string of the molecule is CN(C)C(=O)c1cc(C=O)c[nH]1. The Balaban J connectivity index is 2.89. The van der Waals surface area contributed by atoms with E-state index in [2.05, 4.69) is 4.98 Å². The van der Waals surface area contributed by atoms with Gasteiger partial charge in [-0.25, -0.2) is 0 Å². The third kappa shape index (κ3) is 1.53. The number of hydrogen-bond donors (Lipinski definition) is 1. The van der Waals surface area contributed by atoms with Crippen molar-refractivity contribution in [2.24, 2.45) is 0 Å². The van der Waals surface area contributed by atoms with E-state index < -0.39 is 0 Å². The van der Waals surface area contributed by atoms with E-state index in [1.165, 1.54) is 17.2 Å². The molecule has 12 heavy (non-hydrogen) atoms. The van der Waals surface area contributed by atoms with Gasteiger partial charge in [0.1, 0.15) is 5.69 Å². The third-order valence-electron chi connectivity index (χ3n) is 1.48. The first-order chi connectivity index (χ1) is 5.65. The second-order valence-electron chi connectivity index (χ2n) is 2.66. The highest BCUT2D eigenvalue weighted by Crippen LogP contribution is 2.02. The van der Waals surface area contributed by atoms with Gasteiger partial charge in [0.15, 0.2) is 6.29 Å². The van der Waals surface area contributed by atoms with Crippen molar-refractivity contribution in [2.45, 2.75) is 0 Å². The van der Waals surface area contributed by atoms with Crippen LogP contribution < -0.4 is 0 Å². The smallest absolute Gasteiger partial charge is 0.269 e. The Morgan fingerprint density at radius 1 is 1.58 bits per heavy atom. The van der Waals surface area contributed by atoms with Crippen molar-refractivity contribution in [1.82, 2.24) is 9.88 Å². The molecule has 1 aromatic rings. The van der Waals surface area contributed by atoms with E-state index in [-0.39, 0.29) is 5.91 Å². The number of aromatic amines is 1. The molecular weight excluding hydrogens is 156 g/mol. The molecule has 0 radical (unpaired) electrons. The van der Waals surface area contributed by atoms with Crippen LogP contribution in [0.2, 0.25) is 0 Å². The van der Waals surface area contributed by atoms with E-state index in [1.807, 2.05) is 0 Å². The maximum Gasteiger partial charge on any atom is 0.269 e. The number of aromatic nitrogens is 1. The van der Waals surface area contributed by atoms with Crippen LogP contribution in [0.1, 0.15) is 20.8 Å². The predicted molar refractivity (Wildman–Crippen MR) is 44.2 cm³/mol. The molecule has 1 rings (SSSR count). The molecule has 4 heteroatoms. The van der Waals surface area contributed by atoms with Crippen molar-refractivity contribution >= 4 is 12.2 Å². The molecule has 0 aromatic carbocycles. The Bertz CT molecular complexity index is 302. The van der Waals surface area contributed by atoms with Crippen molar-refractivity contribution in [1.29, 1.82) is 0 Å². The first-order valence-corrected chi connectivity index (χ1v) is 3.50. The zero-order chi connectivity index (χ0) is 9.14. The number of nitrogens with one attached hydrogen (secondary N) is 1. The molecule has 0 fully saturated rings. The quantitative estimate of drug-likeness (QED) is 0.651. The van der Waals surface area contributed by atoms with Crippen LogP contribution in [0.15, 0.2) is 12.3 Å². The molecule has 0 aliphatic heterocycles. The number of H-pyrrole nitrogens is 1. The van der Waals surface area contributed by atoms with Crippen LogP contribution in [0.3, 0.4) is 0 Å². The average molecular weight is 166 g/mol. The van der Waals surface area contributed by atoms with E-state index in [9.17, 15) is 9.59 Å². The standard InChI is InChI=1S/C8H10N2O2/c1-10(2)8(12)7-3-6(5-11)4-9-7/h3-5,9H,1-2H3. The summed E-state index contributed by atoms with van der Waals surface area (Å²) in [5.74, 6) is -0.136. The van der Waals surface area contributed by atoms with Crippen molar-refractivity contribution in [3.8, 4) is 0 Å². The largest absolute Gasteiger partial charge is 0.356 e. The van der Waals surface area contributed by atoms with Gasteiger partial charge in [-0.2, -0.15) is 0 Å². The maximum absolute atomic E-state index is 11.3. The number of carbonyl (C=O) groups is 2. The molecule has 0 saturated heterocycles. The summed E-state index contributed by atoms with van der Waals surface area (Å²) in [4.78, 5) is 25.7. The highest BCUT2D eigenvalue weighted by molar-refractivity contribution is 5.94. The number of carbonyl (C=O) groups excluding carboxylic acids is 2. The van der Waals surface area contributed by atoms with Gasteiger partial charge in [0.25, 0.3) is 5.91 Å². The van der Waals surface area contributed by atoms with Crippen molar-refractivity contribution in [2.75, 3.05) is 14.1 Å². The second kappa shape index (κ2) is 3.21. The zero-order valence-corrected chi connectivity index (χ0v) is 7.00. The first kappa shape index (κ1) is 8.52. The minimum absolute atomic E-state index is 0.136. The molecule has 1 aromatic heterocycles. The molecule has 0 aliphatic rings. The Morgan fingerprint density at radius 2 is 2.25 bits per heavy atom. The number of aldehydes is 1. The van der Waals surface area contributed by atoms with Gasteiger partial charge in [0.2, 0.25) is 0 Å². The number of amides is 1. The van der Waals surface area contributed by atoms with Gasteiger partial charge >= 0.3 is 0 Å². The summed E-state index contributed by atoms with van der Waals surface area (Å²) in [5.41, 5.74) is 0.919. The normalized spacial score (nSPS) is 9.50. The zero-order valence-electron chi connectivity index (χ0n) is 7.00. The topological polar surface area (TPSA) is 53.2 Å². The van der Waals surface area contributed by atoms with Crippen LogP contribution in [0.25, 0.3) is 0 Å². The van der Waals surface area contributed by atoms with Crippen LogP contribution in [0, 0.1) is 0 Å². The summed E-state index contributed by atoms with van der Waals surface area (Å²) in [5, 5.41) is 0. The minimum atomic E-state index is -0.136. The van der Waals surface area contributed by atoms with Gasteiger partial charge in [0.05, 0.1) is 0 Å². The third-order valence-corrected chi connectivity index (χ3v) is 1.48. The molecule has 4 nitrogen and oxygen atoms in total. The Kier molecular flexibility index (Phi) is 2.28. The first-order valence-electron chi connectivity index (χ1n) is 3.50. The highest BCUT2D eigenvalue weighted by atomic mass is 16.2. The molecule has 0 atom stereocenters. The Labute approximate surface area is 70.2 Å². The molecule has 0 bridgehead atoms. The second-order valence-corrected chi connectivity index (χ2v) is 2.66. The van der Waals surface area contributed by atoms with Gasteiger partial charge in [-0.15, -0.1) is 0 Å². The van der Waals surface area contributed by atoms with E-state index in [0.717, 1.165) is 0 Å². The van der Waals surface area contributed by atoms with Crippen LogP contribution in [0.5, 0.6) is 0 Å². The molecule has 0 unspecified atom stereocenters. The number of hydrogen-bond acceptors (Lipinski definition) is 2. The van der Waals surface area contributed by atoms with Crippen molar-refractivity contribution < 1.29 is 9.59 Å². The lowest BCUT2D eigenvalue weighted by Crippen LogP contribution is -2.21. The molecule has 0 aliphatic carbocycles. The molecule has 64 valence electrons. The van der Waals surface area contributed by atoms with Crippen molar-refractivity contribution in [3.63, 3.8) is 0 Å². The van der Waals surface area contributed by atoms with Crippen LogP contribution in [-0.2, 0) is 0 Å². The van der Waals surface area contributed by atoms with Gasteiger partial charge in [-0.05, 0) is 6.07 Å². The predicted octanol–water partition coefficient (Wildman–Crippen LogP) is 0.529. The maximum atomic E-state index is 11.3. The van der Waals surface area contributed by atoms with Crippen LogP contribution >= 0.6 is 0 Å². The lowest BCUT2D eigenvalue weighted by molar-refractivity contribution is 0.0822. The molecule has 0 spiro atoms. The lowest BCUT2D eigenvalue weighted by atomic mass is 10.3. The summed E-state index contributed by atoms with van der Waals surface area (Å²) in [6, 6.07) is 1.52. The Morgan fingerprint density at radius 3 is 2.67 bits per heavy atom. The summed E-state index contributed by atoms with van der Waals surface area (Å²) < 4.78 is 0. The molecule has 1 amide bonds. The van der Waals surface area contributed by atoms with Gasteiger partial charge < -0.3 is 9.88 Å². The van der Waals surface area contributed by atoms with E-state index >= 15 is 0 Å². The number of nitrogens with zero attached hydrogens (tertiary/aromatic N) is 1. The molecule has 0 saturated carbocycles. The summed E-state index contributed by atoms with van der Waals surface area (Å²) in [6.45, 7) is 0. The molecule has 1 heterocycles. The van der Waals surface area contributed by atoms with Gasteiger partial charge in [0, 0.05) is 25.9 Å². The summed E-state index contributed by atoms with van der Waals surface area (Å²) in [6.07, 6.45) is 2.20. The van der Waals surface area contributed by atoms with Gasteiger partial charge in [-0.3, -0.25) is 9.59 Å². The highest BCUT2D eigenvalue weighted by Gasteiger charge is 2.09. The van der Waals surface area contributed by atoms with E-state index in [0.29, 0.717) is 17.5 Å². The van der Waals surface area contributed by atoms with Crippen LogP contribution in [0.4, 0.5) is 0 Å². The van der Waals surface area contributed by atoms with Crippen molar-refractivity contribution in [3.05, 3.63) is 23.5 Å². The summed E-state index contributed by atoms with van der Waals surface area (Å²) in [7, 11) is 3.31. The fourth-order valence-corrected chi connectivity index (χ4v) is 0.844. The monoisotopic (exact) mass is 166 g/mol. The molecule has 1 N–H and O–H groups in total.